The first-order chi connectivity index (χ1) is 15.5. The van der Waals surface area contributed by atoms with Crippen LogP contribution < -0.4 is 21.7 Å². The molecule has 2 aromatic carbocycles. The minimum Gasteiger partial charge on any atom is -0.368 e. The van der Waals surface area contributed by atoms with Gasteiger partial charge in [-0.3, -0.25) is 4.79 Å². The molecule has 0 fully saturated rings. The van der Waals surface area contributed by atoms with Crippen molar-refractivity contribution < 1.29 is 4.79 Å². The number of hydrogen-bond donors (Lipinski definition) is 4. The van der Waals surface area contributed by atoms with E-state index in [0.29, 0.717) is 27.2 Å². The summed E-state index contributed by atoms with van der Waals surface area (Å²) in [6.07, 6.45) is 1.58. The van der Waals surface area contributed by atoms with Gasteiger partial charge in [-0.1, -0.05) is 16.1 Å². The van der Waals surface area contributed by atoms with Crippen LogP contribution in [0.1, 0.15) is 10.5 Å². The van der Waals surface area contributed by atoms with Crippen LogP contribution in [0.2, 0.25) is 5.02 Å². The van der Waals surface area contributed by atoms with Gasteiger partial charge in [-0.15, -0.1) is 5.10 Å². The zero-order chi connectivity index (χ0) is 22.5. The number of anilines is 4. The van der Waals surface area contributed by atoms with Crippen LogP contribution in [0.25, 0.3) is 11.3 Å². The standard InChI is InChI=1S/C20H15ClN8OS2/c21-15-9-13(5-6-14(15)16-7-8-23-19(22)27-16)26-20(31)25-12-3-1-11(2-4-12)24-18(30)17-10-32-29-28-17/h1-10H,(H,24,30)(H2,22,23,27)(H2,25,26,31). The number of thiocarbonyl (C=S) groups is 1. The van der Waals surface area contributed by atoms with Gasteiger partial charge < -0.3 is 21.7 Å². The van der Waals surface area contributed by atoms with Gasteiger partial charge >= 0.3 is 0 Å². The zero-order valence-corrected chi connectivity index (χ0v) is 18.6. The van der Waals surface area contributed by atoms with Crippen LogP contribution in [0.4, 0.5) is 23.0 Å². The monoisotopic (exact) mass is 482 g/mol. The topological polar surface area (TPSA) is 131 Å². The minimum absolute atomic E-state index is 0.178. The summed E-state index contributed by atoms with van der Waals surface area (Å²) in [4.78, 5) is 20.1. The highest BCUT2D eigenvalue weighted by Gasteiger charge is 2.10. The summed E-state index contributed by atoms with van der Waals surface area (Å²) in [5.41, 5.74) is 9.36. The summed E-state index contributed by atoms with van der Waals surface area (Å²) < 4.78 is 3.68. The third kappa shape index (κ3) is 5.32. The Balaban J connectivity index is 1.36. The number of rotatable bonds is 5. The van der Waals surface area contributed by atoms with E-state index in [2.05, 4.69) is 35.5 Å². The molecule has 2 heterocycles. The van der Waals surface area contributed by atoms with Crippen molar-refractivity contribution in [1.29, 1.82) is 0 Å². The van der Waals surface area contributed by atoms with Crippen LogP contribution in [0.15, 0.2) is 60.1 Å². The molecule has 0 spiro atoms. The summed E-state index contributed by atoms with van der Waals surface area (Å²) in [7, 11) is 0. The molecule has 0 aliphatic heterocycles. The lowest BCUT2D eigenvalue weighted by Crippen LogP contribution is -2.19. The Morgan fingerprint density at radius 2 is 1.69 bits per heavy atom. The molecule has 0 atom stereocenters. The number of benzene rings is 2. The van der Waals surface area contributed by atoms with Gasteiger partial charge in [0.1, 0.15) is 0 Å². The maximum Gasteiger partial charge on any atom is 0.277 e. The number of nitrogens with one attached hydrogen (secondary N) is 3. The molecule has 0 radical (unpaired) electrons. The van der Waals surface area contributed by atoms with Crippen molar-refractivity contribution in [3.63, 3.8) is 0 Å². The van der Waals surface area contributed by atoms with E-state index >= 15 is 0 Å². The molecule has 2 aromatic heterocycles. The Hall–Kier alpha value is -3.67. The van der Waals surface area contributed by atoms with Crippen LogP contribution in [0.3, 0.4) is 0 Å². The first-order valence-electron chi connectivity index (χ1n) is 9.13. The molecule has 160 valence electrons. The van der Waals surface area contributed by atoms with E-state index in [9.17, 15) is 4.79 Å². The molecule has 0 saturated heterocycles. The average molecular weight is 483 g/mol. The SMILES string of the molecule is Nc1nccc(-c2ccc(NC(=S)Nc3ccc(NC(=O)c4csnn4)cc3)cc2Cl)n1. The van der Waals surface area contributed by atoms with Crippen molar-refractivity contribution in [3.05, 3.63) is 70.8 Å². The van der Waals surface area contributed by atoms with Crippen LogP contribution in [-0.2, 0) is 0 Å². The van der Waals surface area contributed by atoms with Crippen LogP contribution in [-0.4, -0.2) is 30.6 Å². The van der Waals surface area contributed by atoms with E-state index in [1.807, 2.05) is 12.1 Å². The zero-order valence-electron chi connectivity index (χ0n) is 16.2. The Morgan fingerprint density at radius 3 is 2.34 bits per heavy atom. The molecule has 32 heavy (non-hydrogen) atoms. The molecular formula is C20H15ClN8OS2. The van der Waals surface area contributed by atoms with E-state index in [-0.39, 0.29) is 17.5 Å². The summed E-state index contributed by atoms with van der Waals surface area (Å²) in [6, 6.07) is 14.2. The lowest BCUT2D eigenvalue weighted by atomic mass is 10.1. The Bertz CT molecular complexity index is 1270. The third-order valence-corrected chi connectivity index (χ3v) is 5.19. The molecule has 4 aromatic rings. The average Bonchev–Trinajstić information content (AvgIpc) is 3.30. The number of amides is 1. The maximum absolute atomic E-state index is 12.0. The number of carbonyl (C=O) groups excluding carboxylic acids is 1. The first-order valence-corrected chi connectivity index (χ1v) is 10.7. The summed E-state index contributed by atoms with van der Waals surface area (Å²) >= 11 is 12.9. The van der Waals surface area contributed by atoms with Crippen LogP contribution in [0.5, 0.6) is 0 Å². The smallest absolute Gasteiger partial charge is 0.277 e. The maximum atomic E-state index is 12.0. The van der Waals surface area contributed by atoms with E-state index in [0.717, 1.165) is 22.8 Å². The van der Waals surface area contributed by atoms with E-state index in [4.69, 9.17) is 29.6 Å². The van der Waals surface area contributed by atoms with Crippen molar-refractivity contribution in [2.75, 3.05) is 21.7 Å². The van der Waals surface area contributed by atoms with Gasteiger partial charge in [0.25, 0.3) is 5.91 Å². The fourth-order valence-electron chi connectivity index (χ4n) is 2.71. The molecule has 0 aliphatic rings. The van der Waals surface area contributed by atoms with Crippen molar-refractivity contribution in [2.45, 2.75) is 0 Å². The molecule has 5 N–H and O–H groups in total. The van der Waals surface area contributed by atoms with Crippen LogP contribution >= 0.6 is 35.4 Å². The number of halogens is 1. The number of hydrogen-bond acceptors (Lipinski definition) is 8. The Labute approximate surface area is 197 Å². The van der Waals surface area contributed by atoms with Crippen molar-refractivity contribution in [1.82, 2.24) is 19.6 Å². The molecule has 9 nitrogen and oxygen atoms in total. The first kappa shape index (κ1) is 21.6. The predicted molar refractivity (Wildman–Crippen MR) is 131 cm³/mol. The second-order valence-corrected chi connectivity index (χ2v) is 7.82. The van der Waals surface area contributed by atoms with E-state index in [1.165, 1.54) is 0 Å². The summed E-state index contributed by atoms with van der Waals surface area (Å²) in [5.74, 6) is -0.140. The normalized spacial score (nSPS) is 10.4. The predicted octanol–water partition coefficient (Wildman–Crippen LogP) is 4.29. The highest BCUT2D eigenvalue weighted by atomic mass is 35.5. The molecule has 0 aliphatic carbocycles. The molecule has 0 unspecified atom stereocenters. The number of nitrogens with zero attached hydrogens (tertiary/aromatic N) is 4. The molecule has 1 amide bonds. The number of aromatic nitrogens is 4. The number of nitrogen functional groups attached to an aromatic ring is 1. The quantitative estimate of drug-likeness (QED) is 0.307. The second-order valence-electron chi connectivity index (χ2n) is 6.40. The largest absolute Gasteiger partial charge is 0.368 e. The van der Waals surface area contributed by atoms with Crippen molar-refractivity contribution in [3.8, 4) is 11.3 Å². The minimum atomic E-state index is -0.318. The number of nitrogens with two attached hydrogens (primary N) is 1. The molecule has 4 rings (SSSR count). The van der Waals surface area contributed by atoms with Gasteiger partial charge in [-0.2, -0.15) is 0 Å². The van der Waals surface area contributed by atoms with Crippen molar-refractivity contribution >= 4 is 69.4 Å². The molecular weight excluding hydrogens is 468 g/mol. The molecule has 0 saturated carbocycles. The third-order valence-electron chi connectivity index (χ3n) is 4.17. The second kappa shape index (κ2) is 9.64. The Kier molecular flexibility index (Phi) is 6.50. The number of carbonyl (C=O) groups is 1. The van der Waals surface area contributed by atoms with Gasteiger partial charge in [0.2, 0.25) is 5.95 Å². The van der Waals surface area contributed by atoms with E-state index in [1.54, 1.807) is 48.0 Å². The highest BCUT2D eigenvalue weighted by molar-refractivity contribution is 7.80. The molecule has 12 heteroatoms. The lowest BCUT2D eigenvalue weighted by Gasteiger charge is -2.13. The van der Waals surface area contributed by atoms with Gasteiger partial charge in [-0.25, -0.2) is 9.97 Å². The summed E-state index contributed by atoms with van der Waals surface area (Å²) in [5, 5.41) is 15.1. The van der Waals surface area contributed by atoms with Gasteiger partial charge in [0.15, 0.2) is 10.8 Å². The van der Waals surface area contributed by atoms with Crippen molar-refractivity contribution in [2.24, 2.45) is 0 Å². The van der Waals surface area contributed by atoms with Gasteiger partial charge in [-0.05, 0) is 72.3 Å². The van der Waals surface area contributed by atoms with Gasteiger partial charge in [0.05, 0.1) is 10.7 Å². The summed E-state index contributed by atoms with van der Waals surface area (Å²) in [6.45, 7) is 0. The lowest BCUT2D eigenvalue weighted by molar-refractivity contribution is 0.102. The highest BCUT2D eigenvalue weighted by Crippen LogP contribution is 2.29. The van der Waals surface area contributed by atoms with E-state index < -0.39 is 0 Å². The van der Waals surface area contributed by atoms with Crippen LogP contribution in [0, 0.1) is 0 Å². The molecule has 0 bridgehead atoms. The van der Waals surface area contributed by atoms with Gasteiger partial charge in [0, 0.05) is 34.2 Å². The Morgan fingerprint density at radius 1 is 1.00 bits per heavy atom. The fourth-order valence-corrected chi connectivity index (χ4v) is 3.66. The fraction of sp³-hybridized carbons (Fsp3) is 0.